The number of hydrogen-bond acceptors (Lipinski definition) is 3. The van der Waals surface area contributed by atoms with E-state index in [1.807, 2.05) is 20.8 Å². The quantitative estimate of drug-likeness (QED) is 0.756. The first kappa shape index (κ1) is 15.2. The molecule has 2 amide bonds. The Hall–Kier alpha value is -1.88. The minimum atomic E-state index is -0.585. The molecule has 0 spiro atoms. The lowest BCUT2D eigenvalue weighted by Gasteiger charge is -2.25. The van der Waals surface area contributed by atoms with Crippen LogP contribution in [-0.4, -0.2) is 17.9 Å². The van der Waals surface area contributed by atoms with Crippen molar-refractivity contribution in [1.29, 1.82) is 0 Å². The Bertz CT molecular complexity index is 461. The number of nitrogens with two attached hydrogens (primary N) is 2. The molecule has 0 aromatic heterocycles. The third kappa shape index (κ3) is 4.71. The lowest BCUT2D eigenvalue weighted by molar-refractivity contribution is -0.119. The molecule has 1 aromatic carbocycles. The fourth-order valence-corrected chi connectivity index (χ4v) is 1.52. The van der Waals surface area contributed by atoms with E-state index in [2.05, 4.69) is 5.32 Å². The molecule has 0 bridgehead atoms. The fraction of sp³-hybridized carbons (Fsp3) is 0.429. The van der Waals surface area contributed by atoms with Gasteiger partial charge in [-0.3, -0.25) is 9.59 Å². The number of primary amides is 1. The maximum Gasteiger partial charge on any atom is 0.241 e. The summed E-state index contributed by atoms with van der Waals surface area (Å²) in [6, 6.07) is 6.38. The second-order valence-corrected chi connectivity index (χ2v) is 5.67. The molecule has 0 aliphatic rings. The van der Waals surface area contributed by atoms with Crippen molar-refractivity contribution in [3.05, 3.63) is 29.8 Å². The largest absolute Gasteiger partial charge is 0.369 e. The third-order valence-electron chi connectivity index (χ3n) is 2.82. The van der Waals surface area contributed by atoms with Gasteiger partial charge in [-0.05, 0) is 23.1 Å². The van der Waals surface area contributed by atoms with Crippen LogP contribution in [0, 0.1) is 5.41 Å². The standard InChI is InChI=1S/C14H21N3O2/c1-14(2,3)12(16)13(19)17-10-6-4-9(5-7-10)8-11(15)18/h4-7,12H,8,16H2,1-3H3,(H2,15,18)(H,17,19). The van der Waals surface area contributed by atoms with Crippen LogP contribution >= 0.6 is 0 Å². The first-order chi connectivity index (χ1) is 8.70. The van der Waals surface area contributed by atoms with Gasteiger partial charge >= 0.3 is 0 Å². The van der Waals surface area contributed by atoms with Gasteiger partial charge in [-0.2, -0.15) is 0 Å². The molecule has 1 atom stereocenters. The molecular weight excluding hydrogens is 242 g/mol. The summed E-state index contributed by atoms with van der Waals surface area (Å²) in [6.45, 7) is 5.73. The lowest BCUT2D eigenvalue weighted by atomic mass is 9.87. The summed E-state index contributed by atoms with van der Waals surface area (Å²) in [6.07, 6.45) is 0.190. The minimum absolute atomic E-state index is 0.190. The summed E-state index contributed by atoms with van der Waals surface area (Å²) >= 11 is 0. The summed E-state index contributed by atoms with van der Waals surface area (Å²) in [5, 5.41) is 2.75. The van der Waals surface area contributed by atoms with Crippen LogP contribution in [0.5, 0.6) is 0 Å². The normalized spacial score (nSPS) is 12.8. The average Bonchev–Trinajstić information content (AvgIpc) is 2.28. The molecule has 1 unspecified atom stereocenters. The molecule has 0 radical (unpaired) electrons. The molecule has 0 saturated heterocycles. The number of rotatable bonds is 4. The van der Waals surface area contributed by atoms with Crippen molar-refractivity contribution in [3.63, 3.8) is 0 Å². The number of anilines is 1. The van der Waals surface area contributed by atoms with E-state index in [4.69, 9.17) is 11.5 Å². The van der Waals surface area contributed by atoms with Gasteiger partial charge in [-0.1, -0.05) is 32.9 Å². The van der Waals surface area contributed by atoms with Crippen LogP contribution in [0.4, 0.5) is 5.69 Å². The number of carbonyl (C=O) groups is 2. The number of carbonyl (C=O) groups excluding carboxylic acids is 2. The van der Waals surface area contributed by atoms with E-state index in [-0.39, 0.29) is 23.7 Å². The minimum Gasteiger partial charge on any atom is -0.369 e. The van der Waals surface area contributed by atoms with E-state index < -0.39 is 6.04 Å². The number of benzene rings is 1. The molecule has 0 aliphatic heterocycles. The van der Waals surface area contributed by atoms with Crippen molar-refractivity contribution in [2.45, 2.75) is 33.2 Å². The zero-order valence-electron chi connectivity index (χ0n) is 11.6. The van der Waals surface area contributed by atoms with Gasteiger partial charge in [0.2, 0.25) is 11.8 Å². The Kier molecular flexibility index (Phi) is 4.67. The molecule has 0 aliphatic carbocycles. The Balaban J connectivity index is 2.68. The van der Waals surface area contributed by atoms with Crippen molar-refractivity contribution >= 4 is 17.5 Å². The maximum atomic E-state index is 11.9. The van der Waals surface area contributed by atoms with Gasteiger partial charge in [0.15, 0.2) is 0 Å². The van der Waals surface area contributed by atoms with Crippen LogP contribution in [0.1, 0.15) is 26.3 Å². The molecule has 104 valence electrons. The fourth-order valence-electron chi connectivity index (χ4n) is 1.52. The zero-order valence-corrected chi connectivity index (χ0v) is 11.6. The average molecular weight is 263 g/mol. The van der Waals surface area contributed by atoms with E-state index in [0.29, 0.717) is 5.69 Å². The Labute approximate surface area is 113 Å². The van der Waals surface area contributed by atoms with E-state index in [9.17, 15) is 9.59 Å². The Morgan fingerprint density at radius 1 is 1.21 bits per heavy atom. The Morgan fingerprint density at radius 2 is 1.74 bits per heavy atom. The van der Waals surface area contributed by atoms with Crippen molar-refractivity contribution in [2.24, 2.45) is 16.9 Å². The number of nitrogens with one attached hydrogen (secondary N) is 1. The van der Waals surface area contributed by atoms with Crippen LogP contribution in [0.2, 0.25) is 0 Å². The van der Waals surface area contributed by atoms with Gasteiger partial charge in [-0.15, -0.1) is 0 Å². The summed E-state index contributed by atoms with van der Waals surface area (Å²) in [4.78, 5) is 22.7. The van der Waals surface area contributed by atoms with Gasteiger partial charge in [0.05, 0.1) is 12.5 Å². The third-order valence-corrected chi connectivity index (χ3v) is 2.82. The molecule has 0 fully saturated rings. The predicted octanol–water partition coefficient (Wildman–Crippen LogP) is 1.03. The van der Waals surface area contributed by atoms with E-state index in [1.165, 1.54) is 0 Å². The van der Waals surface area contributed by atoms with Crippen molar-refractivity contribution in [3.8, 4) is 0 Å². The van der Waals surface area contributed by atoms with E-state index in [0.717, 1.165) is 5.56 Å². The molecule has 0 saturated carbocycles. The monoisotopic (exact) mass is 263 g/mol. The highest BCUT2D eigenvalue weighted by molar-refractivity contribution is 5.95. The molecule has 5 N–H and O–H groups in total. The van der Waals surface area contributed by atoms with Gasteiger partial charge in [0.1, 0.15) is 0 Å². The predicted molar refractivity (Wildman–Crippen MR) is 75.4 cm³/mol. The van der Waals surface area contributed by atoms with Crippen LogP contribution in [0.15, 0.2) is 24.3 Å². The molecular formula is C14H21N3O2. The van der Waals surface area contributed by atoms with E-state index >= 15 is 0 Å². The second kappa shape index (κ2) is 5.84. The lowest BCUT2D eigenvalue weighted by Crippen LogP contribution is -2.45. The summed E-state index contributed by atoms with van der Waals surface area (Å²) in [5.41, 5.74) is 12.1. The van der Waals surface area contributed by atoms with Gasteiger partial charge in [0, 0.05) is 5.69 Å². The van der Waals surface area contributed by atoms with Gasteiger partial charge in [-0.25, -0.2) is 0 Å². The smallest absolute Gasteiger partial charge is 0.241 e. The number of hydrogen-bond donors (Lipinski definition) is 3. The van der Waals surface area contributed by atoms with E-state index in [1.54, 1.807) is 24.3 Å². The van der Waals surface area contributed by atoms with Gasteiger partial charge in [0.25, 0.3) is 0 Å². The van der Waals surface area contributed by atoms with Crippen LogP contribution in [-0.2, 0) is 16.0 Å². The van der Waals surface area contributed by atoms with Crippen LogP contribution in [0.3, 0.4) is 0 Å². The Morgan fingerprint density at radius 3 is 2.16 bits per heavy atom. The molecule has 5 nitrogen and oxygen atoms in total. The van der Waals surface area contributed by atoms with Crippen molar-refractivity contribution < 1.29 is 9.59 Å². The topological polar surface area (TPSA) is 98.2 Å². The number of amides is 2. The highest BCUT2D eigenvalue weighted by Gasteiger charge is 2.27. The summed E-state index contributed by atoms with van der Waals surface area (Å²) in [7, 11) is 0. The first-order valence-corrected chi connectivity index (χ1v) is 6.14. The highest BCUT2D eigenvalue weighted by atomic mass is 16.2. The summed E-state index contributed by atoms with van der Waals surface area (Å²) < 4.78 is 0. The SMILES string of the molecule is CC(C)(C)C(N)C(=O)Nc1ccc(CC(N)=O)cc1. The molecule has 0 heterocycles. The second-order valence-electron chi connectivity index (χ2n) is 5.67. The zero-order chi connectivity index (χ0) is 14.6. The van der Waals surface area contributed by atoms with Crippen LogP contribution in [0.25, 0.3) is 0 Å². The summed E-state index contributed by atoms with van der Waals surface area (Å²) in [5.74, 6) is -0.610. The first-order valence-electron chi connectivity index (χ1n) is 6.14. The van der Waals surface area contributed by atoms with Gasteiger partial charge < -0.3 is 16.8 Å². The van der Waals surface area contributed by atoms with Crippen molar-refractivity contribution in [1.82, 2.24) is 0 Å². The highest BCUT2D eigenvalue weighted by Crippen LogP contribution is 2.19. The van der Waals surface area contributed by atoms with Crippen molar-refractivity contribution in [2.75, 3.05) is 5.32 Å². The maximum absolute atomic E-state index is 11.9. The van der Waals surface area contributed by atoms with Crippen LogP contribution < -0.4 is 16.8 Å². The molecule has 1 aromatic rings. The molecule has 19 heavy (non-hydrogen) atoms. The molecule has 1 rings (SSSR count). The molecule has 5 heteroatoms.